The summed E-state index contributed by atoms with van der Waals surface area (Å²) < 4.78 is 31.7. The predicted molar refractivity (Wildman–Crippen MR) is 200 cm³/mol. The van der Waals surface area contributed by atoms with E-state index in [0.29, 0.717) is 59.1 Å². The minimum Gasteiger partial charge on any atom is -0.478 e. The lowest BCUT2D eigenvalue weighted by Gasteiger charge is -2.38. The zero-order valence-electron chi connectivity index (χ0n) is 26.8. The van der Waals surface area contributed by atoms with Crippen molar-refractivity contribution >= 4 is 77.8 Å². The summed E-state index contributed by atoms with van der Waals surface area (Å²) in [5, 5.41) is 22.6. The van der Waals surface area contributed by atoms with Gasteiger partial charge in [-0.15, -0.1) is 22.7 Å². The molecule has 0 aliphatic carbocycles. The quantitative estimate of drug-likeness (QED) is 0.142. The van der Waals surface area contributed by atoms with Crippen LogP contribution in [-0.2, 0) is 16.4 Å². The highest BCUT2D eigenvalue weighted by atomic mass is 79.9. The molecule has 0 atom stereocenters. The molecule has 3 heterocycles. The Balaban J connectivity index is 1.36. The van der Waals surface area contributed by atoms with Crippen LogP contribution >= 0.6 is 38.6 Å². The molecule has 10 nitrogen and oxygen atoms in total. The molecule has 1 saturated heterocycles. The molecule has 1 aliphatic rings. The van der Waals surface area contributed by atoms with Crippen molar-refractivity contribution in [2.75, 3.05) is 41.9 Å². The maximum atomic E-state index is 14.8. The van der Waals surface area contributed by atoms with E-state index in [-0.39, 0.29) is 34.2 Å². The number of para-hydroxylation sites is 2. The lowest BCUT2D eigenvalue weighted by Crippen LogP contribution is -2.49. The lowest BCUT2D eigenvalue weighted by atomic mass is 10.0. The third-order valence-corrected chi connectivity index (χ3v) is 13.0. The van der Waals surface area contributed by atoms with Crippen LogP contribution in [0.4, 0.5) is 11.4 Å². The molecule has 3 aromatic carbocycles. The predicted octanol–water partition coefficient (Wildman–Crippen LogP) is 7.34. The maximum absolute atomic E-state index is 14.8. The summed E-state index contributed by atoms with van der Waals surface area (Å²) in [6, 6.07) is 22.0. The standard InChI is InChI=1S/C36H32BrN3O7S3/c1-23-20-26(28-11-18-48-32(28)36(44)45)22-27(21-23)50(46,47)40(13-10-24-6-8-25(9-7-24)35(42)43)31-5-3-2-4-30(31)38-14-16-39(17-15-38)34(41)33-29(37)12-19-49-33/h2-9,11-12,18-22H,10,13-17H2,1H3,(H,42,43)(H,44,45). The zero-order chi connectivity index (χ0) is 35.6. The van der Waals surface area contributed by atoms with Crippen LogP contribution in [0.5, 0.6) is 0 Å². The van der Waals surface area contributed by atoms with Gasteiger partial charge in [0, 0.05) is 42.8 Å². The van der Waals surface area contributed by atoms with Crippen molar-refractivity contribution in [1.82, 2.24) is 4.90 Å². The number of halogens is 1. The number of benzene rings is 3. The smallest absolute Gasteiger partial charge is 0.346 e. The first kappa shape index (κ1) is 35.3. The minimum absolute atomic E-state index is 0.0167. The summed E-state index contributed by atoms with van der Waals surface area (Å²) >= 11 is 5.91. The minimum atomic E-state index is -4.23. The van der Waals surface area contributed by atoms with Crippen LogP contribution in [0.1, 0.15) is 40.8 Å². The molecule has 0 bridgehead atoms. The number of sulfonamides is 1. The Morgan fingerprint density at radius 3 is 2.18 bits per heavy atom. The van der Waals surface area contributed by atoms with Crippen LogP contribution in [0.25, 0.3) is 11.1 Å². The molecule has 1 fully saturated rings. The van der Waals surface area contributed by atoms with E-state index >= 15 is 0 Å². The number of carbonyl (C=O) groups excluding carboxylic acids is 1. The summed E-state index contributed by atoms with van der Waals surface area (Å²) in [7, 11) is -4.23. The molecule has 14 heteroatoms. The normalized spacial score (nSPS) is 13.3. The molecule has 1 aliphatic heterocycles. The molecule has 1 amide bonds. The summed E-state index contributed by atoms with van der Waals surface area (Å²) in [5.41, 5.74) is 3.62. The monoisotopic (exact) mass is 793 g/mol. The van der Waals surface area contributed by atoms with E-state index in [1.807, 2.05) is 23.6 Å². The van der Waals surface area contributed by atoms with Gasteiger partial charge in [0.05, 0.1) is 21.8 Å². The first-order chi connectivity index (χ1) is 23.9. The second-order valence-corrected chi connectivity index (χ2v) is 16.2. The van der Waals surface area contributed by atoms with Crippen LogP contribution in [-0.4, -0.2) is 74.1 Å². The van der Waals surface area contributed by atoms with Crippen LogP contribution in [0, 0.1) is 6.92 Å². The summed E-state index contributed by atoms with van der Waals surface area (Å²) in [4.78, 5) is 41.2. The van der Waals surface area contributed by atoms with Crippen molar-refractivity contribution in [3.05, 3.63) is 121 Å². The number of carbonyl (C=O) groups is 3. The van der Waals surface area contributed by atoms with Crippen molar-refractivity contribution in [3.8, 4) is 11.1 Å². The van der Waals surface area contributed by atoms with Gasteiger partial charge in [0.25, 0.3) is 15.9 Å². The highest BCUT2D eigenvalue weighted by Gasteiger charge is 2.31. The van der Waals surface area contributed by atoms with Crippen LogP contribution in [0.15, 0.2) is 99.0 Å². The zero-order valence-corrected chi connectivity index (χ0v) is 30.8. The van der Waals surface area contributed by atoms with E-state index in [9.17, 15) is 33.0 Å². The Morgan fingerprint density at radius 1 is 0.840 bits per heavy atom. The van der Waals surface area contributed by atoms with Crippen LogP contribution in [0.3, 0.4) is 0 Å². The molecule has 258 valence electrons. The Labute approximate surface area is 306 Å². The Kier molecular flexibility index (Phi) is 10.4. The van der Waals surface area contributed by atoms with Crippen LogP contribution in [0.2, 0.25) is 0 Å². The molecule has 2 aromatic heterocycles. The van der Waals surface area contributed by atoms with E-state index in [4.69, 9.17) is 0 Å². The second-order valence-electron chi connectivity index (χ2n) is 11.7. The molecule has 0 spiro atoms. The first-order valence-corrected chi connectivity index (χ1v) is 19.6. The molecule has 0 unspecified atom stereocenters. The van der Waals surface area contributed by atoms with Crippen molar-refractivity contribution in [1.29, 1.82) is 0 Å². The fourth-order valence-corrected chi connectivity index (χ4v) is 9.85. The number of carboxylic acid groups (broad SMARTS) is 2. The third-order valence-electron chi connectivity index (χ3n) is 8.48. The number of carboxylic acids is 2. The van der Waals surface area contributed by atoms with Crippen molar-refractivity contribution in [3.63, 3.8) is 0 Å². The molecule has 2 N–H and O–H groups in total. The number of aryl methyl sites for hydroxylation is 1. The van der Waals surface area contributed by atoms with Gasteiger partial charge in [0.1, 0.15) is 9.75 Å². The summed E-state index contributed by atoms with van der Waals surface area (Å²) in [6.45, 7) is 3.69. The fourth-order valence-electron chi connectivity index (χ4n) is 5.98. The van der Waals surface area contributed by atoms with Crippen molar-refractivity contribution in [2.45, 2.75) is 18.2 Å². The third kappa shape index (κ3) is 7.33. The van der Waals surface area contributed by atoms with Crippen molar-refractivity contribution in [2.24, 2.45) is 0 Å². The highest BCUT2D eigenvalue weighted by Crippen LogP contribution is 2.37. The number of hydrogen-bond donors (Lipinski definition) is 2. The highest BCUT2D eigenvalue weighted by molar-refractivity contribution is 9.10. The van der Waals surface area contributed by atoms with E-state index < -0.39 is 22.0 Å². The Bertz CT molecular complexity index is 2170. The van der Waals surface area contributed by atoms with Gasteiger partial charge >= 0.3 is 11.9 Å². The van der Waals surface area contributed by atoms with Gasteiger partial charge in [-0.2, -0.15) is 0 Å². The largest absolute Gasteiger partial charge is 0.478 e. The van der Waals surface area contributed by atoms with Crippen LogP contribution < -0.4 is 9.21 Å². The first-order valence-electron chi connectivity index (χ1n) is 15.6. The number of rotatable bonds is 11. The van der Waals surface area contributed by atoms with Crippen molar-refractivity contribution < 1.29 is 33.0 Å². The van der Waals surface area contributed by atoms with Gasteiger partial charge in [-0.3, -0.25) is 9.10 Å². The molecular weight excluding hydrogens is 763 g/mol. The van der Waals surface area contributed by atoms with Gasteiger partial charge in [-0.05, 0) is 105 Å². The van der Waals surface area contributed by atoms with E-state index in [2.05, 4.69) is 20.8 Å². The topological polar surface area (TPSA) is 136 Å². The maximum Gasteiger partial charge on any atom is 0.346 e. The van der Waals surface area contributed by atoms with E-state index in [1.54, 1.807) is 59.7 Å². The molecule has 0 radical (unpaired) electrons. The number of nitrogens with zero attached hydrogens (tertiary/aromatic N) is 3. The second kappa shape index (κ2) is 14.8. The number of anilines is 2. The average Bonchev–Trinajstić information content (AvgIpc) is 3.78. The van der Waals surface area contributed by atoms with Gasteiger partial charge < -0.3 is 20.0 Å². The Hall–Kier alpha value is -4.50. The van der Waals surface area contributed by atoms with E-state index in [0.717, 1.165) is 21.4 Å². The SMILES string of the molecule is Cc1cc(-c2ccsc2C(=O)O)cc(S(=O)(=O)N(CCc2ccc(C(=O)O)cc2)c2ccccc2N2CCN(C(=O)c3sccc3Br)CC2)c1. The van der Waals surface area contributed by atoms with Gasteiger partial charge in [-0.25, -0.2) is 18.0 Å². The molecule has 0 saturated carbocycles. The van der Waals surface area contributed by atoms with E-state index in [1.165, 1.54) is 33.8 Å². The average molecular weight is 795 g/mol. The molecular formula is C36H32BrN3O7S3. The molecule has 5 aromatic rings. The molecule has 6 rings (SSSR count). The fraction of sp³-hybridized carbons (Fsp3) is 0.194. The van der Waals surface area contributed by atoms with Gasteiger partial charge in [-0.1, -0.05) is 30.3 Å². The Morgan fingerprint density at radius 2 is 1.52 bits per heavy atom. The number of aromatic carboxylic acids is 2. The molecule has 50 heavy (non-hydrogen) atoms. The number of thiophene rings is 2. The number of amides is 1. The lowest BCUT2D eigenvalue weighted by molar-refractivity contribution is 0.0688. The number of hydrogen-bond acceptors (Lipinski definition) is 8. The summed E-state index contributed by atoms with van der Waals surface area (Å²) in [6.07, 6.45) is 0.289. The summed E-state index contributed by atoms with van der Waals surface area (Å²) in [5.74, 6) is -2.19. The van der Waals surface area contributed by atoms with Gasteiger partial charge in [0.15, 0.2) is 0 Å². The number of piperazine rings is 1. The van der Waals surface area contributed by atoms with Gasteiger partial charge in [0.2, 0.25) is 0 Å².